The Labute approximate surface area is 155 Å². The third kappa shape index (κ3) is 3.79. The van der Waals surface area contributed by atoms with Gasteiger partial charge < -0.3 is 5.32 Å². The number of hydrogen-bond acceptors (Lipinski definition) is 8. The van der Waals surface area contributed by atoms with Gasteiger partial charge in [-0.15, -0.1) is 11.3 Å². The number of rotatable bonds is 6. The van der Waals surface area contributed by atoms with Gasteiger partial charge in [0.2, 0.25) is 5.91 Å². The molecule has 1 N–H and O–H groups in total. The smallest absolute Gasteiger partial charge is 0.317 e. The second-order valence-corrected chi connectivity index (χ2v) is 6.30. The van der Waals surface area contributed by atoms with Gasteiger partial charge in [0, 0.05) is 29.4 Å². The maximum absolute atomic E-state index is 12.4. The minimum absolute atomic E-state index is 0.0741. The Kier molecular flexibility index (Phi) is 4.90. The number of hydrogen-bond donors (Lipinski definition) is 1. The number of benzene rings is 1. The maximum atomic E-state index is 12.4. The Balaban J connectivity index is 1.85. The van der Waals surface area contributed by atoms with Crippen LogP contribution in [0, 0.1) is 20.2 Å². The highest BCUT2D eigenvalue weighted by Gasteiger charge is 2.26. The topological polar surface area (TPSA) is 146 Å². The van der Waals surface area contributed by atoms with E-state index in [-0.39, 0.29) is 22.8 Å². The summed E-state index contributed by atoms with van der Waals surface area (Å²) in [5.41, 5.74) is -0.117. The third-order valence-electron chi connectivity index (χ3n) is 3.65. The molecule has 0 saturated carbocycles. The molecule has 1 aromatic carbocycles. The Hall–Kier alpha value is -3.67. The highest BCUT2D eigenvalue weighted by Crippen LogP contribution is 2.31. The number of nitro benzene ring substituents is 1. The molecule has 0 aliphatic rings. The number of amides is 1. The quantitative estimate of drug-likeness (QED) is 0.504. The molecule has 1 unspecified atom stereocenters. The fourth-order valence-corrected chi connectivity index (χ4v) is 2.90. The number of aromatic nitrogens is 3. The van der Waals surface area contributed by atoms with Crippen molar-refractivity contribution in [1.82, 2.24) is 14.8 Å². The van der Waals surface area contributed by atoms with Crippen molar-refractivity contribution >= 4 is 34.3 Å². The van der Waals surface area contributed by atoms with Crippen LogP contribution in [0.2, 0.25) is 0 Å². The van der Waals surface area contributed by atoms with E-state index >= 15 is 0 Å². The molecule has 138 valence electrons. The predicted octanol–water partition coefficient (Wildman–Crippen LogP) is 3.02. The van der Waals surface area contributed by atoms with Crippen LogP contribution in [-0.4, -0.2) is 30.5 Å². The number of nitrogens with zero attached hydrogens (tertiary/aromatic N) is 5. The van der Waals surface area contributed by atoms with Crippen molar-refractivity contribution in [2.24, 2.45) is 0 Å². The van der Waals surface area contributed by atoms with Crippen LogP contribution >= 0.6 is 11.3 Å². The Morgan fingerprint density at radius 3 is 2.70 bits per heavy atom. The zero-order valence-corrected chi connectivity index (χ0v) is 14.6. The Bertz CT molecular complexity index is 1020. The molecular weight excluding hydrogens is 376 g/mol. The van der Waals surface area contributed by atoms with Crippen LogP contribution in [0.15, 0.2) is 42.0 Å². The van der Waals surface area contributed by atoms with Gasteiger partial charge >= 0.3 is 5.69 Å². The second-order valence-electron chi connectivity index (χ2n) is 5.41. The number of non-ortho nitro benzene ring substituents is 1. The largest absolute Gasteiger partial charge is 0.324 e. The van der Waals surface area contributed by atoms with Crippen LogP contribution in [0.5, 0.6) is 0 Å². The van der Waals surface area contributed by atoms with Gasteiger partial charge in [-0.3, -0.25) is 29.7 Å². The van der Waals surface area contributed by atoms with Crippen molar-refractivity contribution in [3.63, 3.8) is 0 Å². The number of carbonyl (C=O) groups is 1. The minimum Gasteiger partial charge on any atom is -0.324 e. The molecule has 3 aromatic rings. The molecule has 0 saturated heterocycles. The predicted molar refractivity (Wildman–Crippen MR) is 96.4 cm³/mol. The first-order valence-electron chi connectivity index (χ1n) is 7.55. The molecule has 0 fully saturated rings. The lowest BCUT2D eigenvalue weighted by Crippen LogP contribution is -2.24. The molecule has 1 atom stereocenters. The summed E-state index contributed by atoms with van der Waals surface area (Å²) >= 11 is 1.19. The van der Waals surface area contributed by atoms with Crippen LogP contribution in [0.25, 0.3) is 10.7 Å². The molecule has 2 heterocycles. The number of anilines is 1. The van der Waals surface area contributed by atoms with Crippen molar-refractivity contribution < 1.29 is 14.6 Å². The van der Waals surface area contributed by atoms with E-state index in [0.29, 0.717) is 5.01 Å². The summed E-state index contributed by atoms with van der Waals surface area (Å²) in [6.07, 6.45) is 2.66. The van der Waals surface area contributed by atoms with Gasteiger partial charge in [0.05, 0.1) is 9.85 Å². The number of nitrogens with one attached hydrogen (secondary N) is 1. The van der Waals surface area contributed by atoms with Crippen molar-refractivity contribution in [2.45, 2.75) is 13.0 Å². The van der Waals surface area contributed by atoms with Crippen molar-refractivity contribution in [3.05, 3.63) is 62.3 Å². The van der Waals surface area contributed by atoms with Gasteiger partial charge in [0.15, 0.2) is 10.7 Å². The second kappa shape index (κ2) is 7.29. The summed E-state index contributed by atoms with van der Waals surface area (Å²) in [6.45, 7) is 1.51. The molecule has 11 nitrogen and oxygen atoms in total. The van der Waals surface area contributed by atoms with Crippen LogP contribution in [0.4, 0.5) is 17.1 Å². The molecular formula is C15H12N6O5S. The maximum Gasteiger partial charge on any atom is 0.317 e. The van der Waals surface area contributed by atoms with Crippen LogP contribution < -0.4 is 5.32 Å². The fraction of sp³-hybridized carbons (Fsp3) is 0.133. The van der Waals surface area contributed by atoms with Gasteiger partial charge in [-0.2, -0.15) is 5.10 Å². The SMILES string of the molecule is CC(C(=O)Nc1cccc([N+](=O)[O-])c1)n1cc([N+](=O)[O-])c(-c2nccs2)n1. The molecule has 12 heteroatoms. The minimum atomic E-state index is -0.892. The van der Waals surface area contributed by atoms with Crippen LogP contribution in [0.3, 0.4) is 0 Å². The Morgan fingerprint density at radius 2 is 2.07 bits per heavy atom. The molecule has 27 heavy (non-hydrogen) atoms. The summed E-state index contributed by atoms with van der Waals surface area (Å²) in [7, 11) is 0. The zero-order valence-electron chi connectivity index (χ0n) is 13.8. The van der Waals surface area contributed by atoms with Gasteiger partial charge in [-0.25, -0.2) is 4.98 Å². The van der Waals surface area contributed by atoms with Gasteiger partial charge in [0.1, 0.15) is 12.2 Å². The molecule has 0 spiro atoms. The van der Waals surface area contributed by atoms with Crippen LogP contribution in [0.1, 0.15) is 13.0 Å². The monoisotopic (exact) mass is 388 g/mol. The van der Waals surface area contributed by atoms with E-state index in [9.17, 15) is 25.0 Å². The number of nitro groups is 2. The first kappa shape index (κ1) is 18.1. The number of carbonyl (C=O) groups excluding carboxylic acids is 1. The normalized spacial score (nSPS) is 11.7. The lowest BCUT2D eigenvalue weighted by molar-refractivity contribution is -0.384. The van der Waals surface area contributed by atoms with Crippen molar-refractivity contribution in [3.8, 4) is 10.7 Å². The molecule has 3 rings (SSSR count). The van der Waals surface area contributed by atoms with Crippen LogP contribution in [-0.2, 0) is 4.79 Å². The van der Waals surface area contributed by atoms with E-state index < -0.39 is 21.8 Å². The molecule has 0 aliphatic heterocycles. The van der Waals surface area contributed by atoms with E-state index in [0.717, 1.165) is 6.20 Å². The average molecular weight is 388 g/mol. The van der Waals surface area contributed by atoms with Gasteiger partial charge in [0.25, 0.3) is 5.69 Å². The number of thiazole rings is 1. The fourth-order valence-electron chi connectivity index (χ4n) is 2.27. The standard InChI is InChI=1S/C15H12N6O5S/c1-9(14(22)17-10-3-2-4-11(7-10)20(23)24)19-8-12(21(25)26)13(18-19)15-16-5-6-27-15/h2-9H,1H3,(H,17,22). The third-order valence-corrected chi connectivity index (χ3v) is 4.42. The first-order chi connectivity index (χ1) is 12.9. The van der Waals surface area contributed by atoms with E-state index in [2.05, 4.69) is 15.4 Å². The van der Waals surface area contributed by atoms with E-state index in [1.165, 1.54) is 53.4 Å². The first-order valence-corrected chi connectivity index (χ1v) is 8.43. The zero-order chi connectivity index (χ0) is 19.6. The summed E-state index contributed by atoms with van der Waals surface area (Å²) in [4.78, 5) is 37.4. The van der Waals surface area contributed by atoms with Crippen molar-refractivity contribution in [2.75, 3.05) is 5.32 Å². The van der Waals surface area contributed by atoms with Crippen molar-refractivity contribution in [1.29, 1.82) is 0 Å². The van der Waals surface area contributed by atoms with Gasteiger partial charge in [-0.1, -0.05) is 6.07 Å². The van der Waals surface area contributed by atoms with E-state index in [4.69, 9.17) is 0 Å². The molecule has 2 aromatic heterocycles. The molecule has 0 bridgehead atoms. The lowest BCUT2D eigenvalue weighted by atomic mass is 10.2. The summed E-state index contributed by atoms with van der Waals surface area (Å²) in [5, 5.41) is 30.8. The van der Waals surface area contributed by atoms with Gasteiger partial charge in [-0.05, 0) is 13.0 Å². The summed E-state index contributed by atoms with van der Waals surface area (Å²) in [5.74, 6) is -0.529. The molecule has 1 amide bonds. The highest BCUT2D eigenvalue weighted by molar-refractivity contribution is 7.13. The molecule has 0 radical (unpaired) electrons. The highest BCUT2D eigenvalue weighted by atomic mass is 32.1. The summed E-state index contributed by atoms with van der Waals surface area (Å²) in [6, 6.07) is 4.58. The van der Waals surface area contributed by atoms with E-state index in [1.54, 1.807) is 5.38 Å². The van der Waals surface area contributed by atoms with E-state index in [1.807, 2.05) is 0 Å². The summed E-state index contributed by atoms with van der Waals surface area (Å²) < 4.78 is 1.17. The average Bonchev–Trinajstić information content (AvgIpc) is 3.30. The lowest BCUT2D eigenvalue weighted by Gasteiger charge is -2.12. The Morgan fingerprint density at radius 1 is 1.30 bits per heavy atom. The molecule has 0 aliphatic carbocycles.